The van der Waals surface area contributed by atoms with Gasteiger partial charge in [-0.25, -0.2) is 0 Å². The Morgan fingerprint density at radius 2 is 0.681 bits per heavy atom. The molecule has 0 aliphatic heterocycles. The fourth-order valence-electron chi connectivity index (χ4n) is 9.98. The highest BCUT2D eigenvalue weighted by molar-refractivity contribution is 7.45. The number of allylic oxidation sites excluding steroid dienone is 27. The minimum Gasteiger partial charge on any atom is -0.756 e. The van der Waals surface area contributed by atoms with Crippen molar-refractivity contribution in [2.75, 3.05) is 40.9 Å². The normalized spacial score (nSPS) is 14.6. The van der Waals surface area contributed by atoms with Gasteiger partial charge in [-0.3, -0.25) is 9.36 Å². The summed E-state index contributed by atoms with van der Waals surface area (Å²) >= 11 is 0. The predicted octanol–water partition coefficient (Wildman–Crippen LogP) is 23.6. The van der Waals surface area contributed by atoms with Crippen LogP contribution in [0.2, 0.25) is 0 Å². The molecule has 1 amide bonds. The summed E-state index contributed by atoms with van der Waals surface area (Å²) in [6.07, 6.45) is 111. The van der Waals surface area contributed by atoms with Crippen LogP contribution in [-0.2, 0) is 18.4 Å². The Kier molecular flexibility index (Phi) is 67.0. The minimum absolute atomic E-state index is 0.0240. The molecule has 0 aromatic rings. The Hall–Kier alpha value is -4.14. The van der Waals surface area contributed by atoms with E-state index in [1.54, 1.807) is 6.08 Å². The first-order valence-electron chi connectivity index (χ1n) is 37.0. The summed E-state index contributed by atoms with van der Waals surface area (Å²) in [5, 5.41) is 13.9. The number of phosphoric ester groups is 1. The summed E-state index contributed by atoms with van der Waals surface area (Å²) in [4.78, 5) is 25.6. The maximum atomic E-state index is 13.0. The number of quaternary nitrogens is 1. The van der Waals surface area contributed by atoms with E-state index in [-0.39, 0.29) is 18.9 Å². The number of likely N-dealkylation sites (N-methyl/N-ethyl adjacent to an activating group) is 1. The van der Waals surface area contributed by atoms with Crippen LogP contribution in [0.25, 0.3) is 0 Å². The van der Waals surface area contributed by atoms with Crippen molar-refractivity contribution in [2.24, 2.45) is 0 Å². The standard InChI is InChI=1S/C82H139N2O6P/c1-6-8-10-12-14-16-18-20-22-24-26-28-30-32-34-36-38-39-40-41-42-43-44-45-46-48-50-52-54-56-58-60-62-64-66-68-70-72-74-76-82(86)83-80(79-90-91(87,88)89-78-77-84(3,4)5)81(85)75-73-71-69-67-65-63-61-59-57-55-53-51-49-47-37-35-33-31-29-27-25-23-21-19-17-15-13-11-9-7-2/h8,10,14,16,20,22,26,28,32,34,38-39,41-42,44-45,48,50,54,56,60,62,65-68,73,75,80-81,85H,6-7,9,11-13,15,17-19,21,23-25,27,29-31,33,35-37,40,43,46-47,49,51-53,55,57-59,61,63-64,69-72,74,76-79H2,1-5H3,(H-,83,86,87,88)/b10-8-,16-14-,22-20-,28-26-,34-32-,39-38-,42-41-,45-44-,50-48-,56-54-,62-60-,67-65+,68-66-,75-73+. The zero-order valence-electron chi connectivity index (χ0n) is 59.2. The van der Waals surface area contributed by atoms with Crippen molar-refractivity contribution in [1.82, 2.24) is 5.32 Å². The second-order valence-corrected chi connectivity index (χ2v) is 27.0. The number of nitrogens with one attached hydrogen (secondary N) is 1. The summed E-state index contributed by atoms with van der Waals surface area (Å²) in [6, 6.07) is -0.942. The van der Waals surface area contributed by atoms with Crippen molar-refractivity contribution in [2.45, 2.75) is 302 Å². The van der Waals surface area contributed by atoms with Crippen LogP contribution in [-0.4, -0.2) is 68.5 Å². The molecule has 2 N–H and O–H groups in total. The van der Waals surface area contributed by atoms with Crippen LogP contribution < -0.4 is 10.2 Å². The molecule has 0 aromatic heterocycles. The third-order valence-corrected chi connectivity index (χ3v) is 16.6. The average Bonchev–Trinajstić information content (AvgIpc) is 3.58. The van der Waals surface area contributed by atoms with Gasteiger partial charge in [0.25, 0.3) is 7.82 Å². The van der Waals surface area contributed by atoms with Crippen molar-refractivity contribution < 1.29 is 32.9 Å². The SMILES string of the molecule is CC/C=C\C/C=C\C/C=C\C/C=C\C/C=C\C/C=C\C/C=C\C/C=C\C/C=C\C/C=C\C/C=C\C/C=C\CCCCC(=O)NC(COP(=O)([O-])OCC[N+](C)(C)C)C(O)/C=C/CC/C=C/CCCCCCCCCCCCCCCCCCCCCCCCCC. The molecule has 91 heavy (non-hydrogen) atoms. The first kappa shape index (κ1) is 86.9. The highest BCUT2D eigenvalue weighted by atomic mass is 31.2. The average molecular weight is 1280 g/mol. The molecule has 0 saturated heterocycles. The fraction of sp³-hybridized carbons (Fsp3) is 0.646. The van der Waals surface area contributed by atoms with E-state index in [0.717, 1.165) is 109 Å². The lowest BCUT2D eigenvalue weighted by Gasteiger charge is -2.29. The molecule has 0 saturated carbocycles. The van der Waals surface area contributed by atoms with Gasteiger partial charge in [0.05, 0.1) is 39.9 Å². The number of phosphoric acid groups is 1. The third-order valence-electron chi connectivity index (χ3n) is 15.7. The molecular formula is C82H139N2O6P. The molecule has 0 radical (unpaired) electrons. The number of aliphatic hydroxyl groups excluding tert-OH is 1. The van der Waals surface area contributed by atoms with Crippen LogP contribution in [0.15, 0.2) is 170 Å². The molecule has 0 bridgehead atoms. The lowest BCUT2D eigenvalue weighted by molar-refractivity contribution is -0.870. The summed E-state index contributed by atoms with van der Waals surface area (Å²) in [7, 11) is 1.19. The van der Waals surface area contributed by atoms with Gasteiger partial charge < -0.3 is 28.8 Å². The zero-order valence-corrected chi connectivity index (χ0v) is 60.1. The van der Waals surface area contributed by atoms with E-state index in [1.807, 2.05) is 27.2 Å². The summed E-state index contributed by atoms with van der Waals surface area (Å²) in [6.45, 7) is 4.49. The lowest BCUT2D eigenvalue weighted by Crippen LogP contribution is -2.45. The smallest absolute Gasteiger partial charge is 0.268 e. The van der Waals surface area contributed by atoms with Crippen molar-refractivity contribution in [3.05, 3.63) is 170 Å². The van der Waals surface area contributed by atoms with Gasteiger partial charge in [-0.1, -0.05) is 332 Å². The van der Waals surface area contributed by atoms with E-state index in [1.165, 1.54) is 154 Å². The number of hydrogen-bond donors (Lipinski definition) is 2. The Morgan fingerprint density at radius 3 is 1.02 bits per heavy atom. The molecule has 9 heteroatoms. The van der Waals surface area contributed by atoms with Gasteiger partial charge in [-0.05, 0) is 122 Å². The van der Waals surface area contributed by atoms with Crippen molar-refractivity contribution in [3.63, 3.8) is 0 Å². The molecule has 0 fully saturated rings. The molecule has 518 valence electrons. The van der Waals surface area contributed by atoms with Crippen LogP contribution in [0.1, 0.15) is 290 Å². The Labute approximate surface area is 562 Å². The second kappa shape index (κ2) is 70.2. The largest absolute Gasteiger partial charge is 0.756 e. The molecule has 8 nitrogen and oxygen atoms in total. The topological polar surface area (TPSA) is 108 Å². The van der Waals surface area contributed by atoms with Gasteiger partial charge in [0.15, 0.2) is 0 Å². The molecule has 0 heterocycles. The van der Waals surface area contributed by atoms with E-state index in [4.69, 9.17) is 9.05 Å². The van der Waals surface area contributed by atoms with Crippen LogP contribution in [0.5, 0.6) is 0 Å². The van der Waals surface area contributed by atoms with Gasteiger partial charge >= 0.3 is 0 Å². The Balaban J connectivity index is 4.24. The van der Waals surface area contributed by atoms with Crippen molar-refractivity contribution in [3.8, 4) is 0 Å². The first-order valence-corrected chi connectivity index (χ1v) is 38.5. The van der Waals surface area contributed by atoms with E-state index in [2.05, 4.69) is 177 Å². The molecule has 3 unspecified atom stereocenters. The van der Waals surface area contributed by atoms with Crippen LogP contribution >= 0.6 is 7.82 Å². The van der Waals surface area contributed by atoms with Gasteiger partial charge in [-0.15, -0.1) is 0 Å². The molecule has 0 aromatic carbocycles. The quantitative estimate of drug-likeness (QED) is 0.0272. The predicted molar refractivity (Wildman–Crippen MR) is 398 cm³/mol. The molecule has 0 rings (SSSR count). The second-order valence-electron chi connectivity index (χ2n) is 25.6. The fourth-order valence-corrected chi connectivity index (χ4v) is 10.7. The zero-order chi connectivity index (χ0) is 66.2. The molecule has 3 atom stereocenters. The molecule has 0 aliphatic carbocycles. The van der Waals surface area contributed by atoms with Crippen molar-refractivity contribution in [1.29, 1.82) is 0 Å². The Bertz CT molecular complexity index is 2090. The number of unbranched alkanes of at least 4 members (excludes halogenated alkanes) is 27. The molecule has 0 aliphatic rings. The number of aliphatic hydroxyl groups is 1. The van der Waals surface area contributed by atoms with Crippen molar-refractivity contribution >= 4 is 13.7 Å². The number of nitrogens with zero attached hydrogens (tertiary/aromatic N) is 1. The Morgan fingerprint density at radius 1 is 0.396 bits per heavy atom. The van der Waals surface area contributed by atoms with Gasteiger partial charge in [0, 0.05) is 6.42 Å². The number of carbonyl (C=O) groups is 1. The third kappa shape index (κ3) is 73.1. The van der Waals surface area contributed by atoms with Crippen LogP contribution in [0, 0.1) is 0 Å². The highest BCUT2D eigenvalue weighted by Gasteiger charge is 2.23. The van der Waals surface area contributed by atoms with E-state index >= 15 is 0 Å². The first-order chi connectivity index (χ1) is 44.5. The maximum absolute atomic E-state index is 13.0. The number of rotatable bonds is 66. The van der Waals surface area contributed by atoms with Gasteiger partial charge in [0.1, 0.15) is 13.2 Å². The highest BCUT2D eigenvalue weighted by Crippen LogP contribution is 2.38. The monoisotopic (exact) mass is 1280 g/mol. The number of carbonyl (C=O) groups excluding carboxylic acids is 1. The minimum atomic E-state index is -4.64. The van der Waals surface area contributed by atoms with E-state index in [9.17, 15) is 19.4 Å². The van der Waals surface area contributed by atoms with Gasteiger partial charge in [-0.2, -0.15) is 0 Å². The van der Waals surface area contributed by atoms with Gasteiger partial charge in [0.2, 0.25) is 5.91 Å². The van der Waals surface area contributed by atoms with E-state index < -0.39 is 26.6 Å². The number of hydrogen-bond acceptors (Lipinski definition) is 6. The van der Waals surface area contributed by atoms with Crippen LogP contribution in [0.4, 0.5) is 0 Å². The summed E-state index contributed by atoms with van der Waals surface area (Å²) < 4.78 is 23.4. The lowest BCUT2D eigenvalue weighted by atomic mass is 10.0. The number of amides is 1. The molecular weight excluding hydrogens is 1140 g/mol. The summed E-state index contributed by atoms with van der Waals surface area (Å²) in [5.41, 5.74) is 0. The summed E-state index contributed by atoms with van der Waals surface area (Å²) in [5.74, 6) is -0.254. The van der Waals surface area contributed by atoms with E-state index in [0.29, 0.717) is 17.4 Å². The molecule has 0 spiro atoms. The van der Waals surface area contributed by atoms with Crippen LogP contribution in [0.3, 0.4) is 0 Å². The maximum Gasteiger partial charge on any atom is 0.268 e.